The Balaban J connectivity index is 1.86. The molecule has 8 heteroatoms. The van der Waals surface area contributed by atoms with E-state index in [2.05, 4.69) is 17.1 Å². The van der Waals surface area contributed by atoms with Crippen LogP contribution in [0.15, 0.2) is 42.5 Å². The van der Waals surface area contributed by atoms with Gasteiger partial charge >= 0.3 is 5.97 Å². The lowest BCUT2D eigenvalue weighted by Gasteiger charge is -2.29. The summed E-state index contributed by atoms with van der Waals surface area (Å²) in [6.07, 6.45) is 1.71. The average Bonchev–Trinajstić information content (AvgIpc) is 2.80. The van der Waals surface area contributed by atoms with Crippen LogP contribution in [0, 0.1) is 0 Å². The van der Waals surface area contributed by atoms with Crippen LogP contribution < -0.4 is 14.8 Å². The minimum absolute atomic E-state index is 0.0644. The minimum Gasteiger partial charge on any atom is -0.493 e. The summed E-state index contributed by atoms with van der Waals surface area (Å²) in [7, 11) is 3.14. The van der Waals surface area contributed by atoms with Crippen molar-refractivity contribution in [1.82, 2.24) is 10.2 Å². The Hall–Kier alpha value is -2.77. The summed E-state index contributed by atoms with van der Waals surface area (Å²) in [6.45, 7) is 4.03. The third-order valence-corrected chi connectivity index (χ3v) is 5.74. The topological polar surface area (TPSA) is 88.1 Å². The highest BCUT2D eigenvalue weighted by molar-refractivity contribution is 6.30. The van der Waals surface area contributed by atoms with Crippen LogP contribution in [0.3, 0.4) is 0 Å². The molecule has 1 unspecified atom stereocenters. The summed E-state index contributed by atoms with van der Waals surface area (Å²) >= 11 is 6.00. The van der Waals surface area contributed by atoms with Crippen molar-refractivity contribution >= 4 is 23.5 Å². The molecule has 0 heterocycles. The van der Waals surface area contributed by atoms with Crippen LogP contribution in [0.1, 0.15) is 43.4 Å². The summed E-state index contributed by atoms with van der Waals surface area (Å²) in [5.74, 6) is 0.359. The predicted molar refractivity (Wildman–Crippen MR) is 129 cm³/mol. The summed E-state index contributed by atoms with van der Waals surface area (Å²) in [5.41, 5.74) is 1.96. The number of hydrogen-bond donors (Lipinski definition) is 2. The molecule has 0 aliphatic carbocycles. The second-order valence-corrected chi connectivity index (χ2v) is 8.27. The Morgan fingerprint density at radius 2 is 1.70 bits per heavy atom. The smallest absolute Gasteiger partial charge is 0.303 e. The molecule has 0 aromatic heterocycles. The number of amides is 1. The fraction of sp³-hybridized carbons (Fsp3) is 0.440. The number of halogens is 1. The molecule has 1 atom stereocenters. The van der Waals surface area contributed by atoms with Crippen LogP contribution in [-0.2, 0) is 16.0 Å². The largest absolute Gasteiger partial charge is 0.493 e. The highest BCUT2D eigenvalue weighted by Crippen LogP contribution is 2.27. The first kappa shape index (κ1) is 26.5. The Kier molecular flexibility index (Phi) is 11.0. The lowest BCUT2D eigenvalue weighted by Crippen LogP contribution is -2.33. The Morgan fingerprint density at radius 1 is 1.03 bits per heavy atom. The van der Waals surface area contributed by atoms with Crippen molar-refractivity contribution in [2.24, 2.45) is 0 Å². The zero-order valence-corrected chi connectivity index (χ0v) is 20.2. The third kappa shape index (κ3) is 8.94. The number of benzene rings is 2. The molecule has 2 aromatic rings. The van der Waals surface area contributed by atoms with Crippen LogP contribution in [0.4, 0.5) is 0 Å². The van der Waals surface area contributed by atoms with Gasteiger partial charge in [0.2, 0.25) is 5.91 Å². The maximum atomic E-state index is 12.4. The fourth-order valence-electron chi connectivity index (χ4n) is 3.63. The summed E-state index contributed by atoms with van der Waals surface area (Å²) in [5, 5.41) is 12.6. The van der Waals surface area contributed by atoms with E-state index in [4.69, 9.17) is 26.2 Å². The van der Waals surface area contributed by atoms with E-state index in [-0.39, 0.29) is 24.8 Å². The number of rotatable bonds is 14. The number of carbonyl (C=O) groups is 2. The van der Waals surface area contributed by atoms with Gasteiger partial charge in [-0.1, -0.05) is 29.8 Å². The van der Waals surface area contributed by atoms with Gasteiger partial charge < -0.3 is 19.9 Å². The van der Waals surface area contributed by atoms with Gasteiger partial charge in [-0.15, -0.1) is 0 Å². The number of carboxylic acids is 1. The predicted octanol–water partition coefficient (Wildman–Crippen LogP) is 4.33. The zero-order chi connectivity index (χ0) is 24.2. The molecule has 0 spiro atoms. The SMILES string of the molecule is COc1ccc(CC(=O)NCCCN(CCCC(=O)O)C(C)c2ccc(Cl)cc2)cc1OC. The third-order valence-electron chi connectivity index (χ3n) is 5.49. The molecule has 1 amide bonds. The normalized spacial score (nSPS) is 11.8. The van der Waals surface area contributed by atoms with Crippen molar-refractivity contribution < 1.29 is 24.2 Å². The molecule has 0 radical (unpaired) electrons. The summed E-state index contributed by atoms with van der Waals surface area (Å²) in [6, 6.07) is 13.2. The van der Waals surface area contributed by atoms with Gasteiger partial charge in [0.1, 0.15) is 0 Å². The lowest BCUT2D eigenvalue weighted by atomic mass is 10.1. The number of ether oxygens (including phenoxy) is 2. The van der Waals surface area contributed by atoms with Gasteiger partial charge in [-0.3, -0.25) is 14.5 Å². The van der Waals surface area contributed by atoms with Gasteiger partial charge in [0.15, 0.2) is 11.5 Å². The maximum absolute atomic E-state index is 12.4. The zero-order valence-electron chi connectivity index (χ0n) is 19.5. The molecule has 2 rings (SSSR count). The quantitative estimate of drug-likeness (QED) is 0.394. The number of aliphatic carboxylic acids is 1. The van der Waals surface area contributed by atoms with Gasteiger partial charge in [-0.25, -0.2) is 0 Å². The van der Waals surface area contributed by atoms with Gasteiger partial charge in [0, 0.05) is 30.6 Å². The molecule has 180 valence electrons. The van der Waals surface area contributed by atoms with E-state index in [9.17, 15) is 9.59 Å². The second-order valence-electron chi connectivity index (χ2n) is 7.83. The van der Waals surface area contributed by atoms with Gasteiger partial charge in [-0.2, -0.15) is 0 Å². The Bertz CT molecular complexity index is 904. The van der Waals surface area contributed by atoms with Crippen molar-refractivity contribution in [2.45, 2.75) is 38.6 Å². The molecule has 0 saturated heterocycles. The van der Waals surface area contributed by atoms with Crippen LogP contribution in [0.5, 0.6) is 11.5 Å². The number of hydrogen-bond acceptors (Lipinski definition) is 5. The first-order valence-electron chi connectivity index (χ1n) is 11.0. The molecule has 0 fully saturated rings. The molecular weight excluding hydrogens is 444 g/mol. The average molecular weight is 477 g/mol. The number of carboxylic acid groups (broad SMARTS) is 1. The second kappa shape index (κ2) is 13.7. The van der Waals surface area contributed by atoms with E-state index in [1.165, 1.54) is 0 Å². The summed E-state index contributed by atoms with van der Waals surface area (Å²) < 4.78 is 10.5. The highest BCUT2D eigenvalue weighted by atomic mass is 35.5. The van der Waals surface area contributed by atoms with E-state index in [0.29, 0.717) is 36.0 Å². The first-order valence-corrected chi connectivity index (χ1v) is 11.4. The van der Waals surface area contributed by atoms with Crippen molar-refractivity contribution in [3.8, 4) is 11.5 Å². The fourth-order valence-corrected chi connectivity index (χ4v) is 3.76. The minimum atomic E-state index is -0.795. The van der Waals surface area contributed by atoms with Gasteiger partial charge in [0.25, 0.3) is 0 Å². The molecule has 2 N–H and O–H groups in total. The molecule has 33 heavy (non-hydrogen) atoms. The lowest BCUT2D eigenvalue weighted by molar-refractivity contribution is -0.137. The van der Waals surface area contributed by atoms with Gasteiger partial charge in [-0.05, 0) is 61.7 Å². The highest BCUT2D eigenvalue weighted by Gasteiger charge is 2.16. The molecule has 7 nitrogen and oxygen atoms in total. The Morgan fingerprint density at radius 3 is 2.33 bits per heavy atom. The molecule has 0 bridgehead atoms. The van der Waals surface area contributed by atoms with E-state index >= 15 is 0 Å². The van der Waals surface area contributed by atoms with E-state index in [1.54, 1.807) is 26.4 Å². The molecular formula is C25H33ClN2O5. The van der Waals surface area contributed by atoms with Crippen LogP contribution in [0.2, 0.25) is 5.02 Å². The maximum Gasteiger partial charge on any atom is 0.303 e. The first-order chi connectivity index (χ1) is 15.8. The molecule has 2 aromatic carbocycles. The van der Waals surface area contributed by atoms with E-state index < -0.39 is 5.97 Å². The van der Waals surface area contributed by atoms with Gasteiger partial charge in [0.05, 0.1) is 20.6 Å². The van der Waals surface area contributed by atoms with Crippen LogP contribution in [-0.4, -0.2) is 55.7 Å². The van der Waals surface area contributed by atoms with Crippen molar-refractivity contribution in [1.29, 1.82) is 0 Å². The number of methoxy groups -OCH3 is 2. The summed E-state index contributed by atoms with van der Waals surface area (Å²) in [4.78, 5) is 25.5. The Labute approximate surface area is 200 Å². The monoisotopic (exact) mass is 476 g/mol. The van der Waals surface area contributed by atoms with E-state index in [0.717, 1.165) is 24.1 Å². The van der Waals surface area contributed by atoms with Crippen molar-refractivity contribution in [3.05, 3.63) is 58.6 Å². The van der Waals surface area contributed by atoms with Crippen molar-refractivity contribution in [3.63, 3.8) is 0 Å². The van der Waals surface area contributed by atoms with E-state index in [1.807, 2.05) is 30.3 Å². The van der Waals surface area contributed by atoms with Crippen molar-refractivity contribution in [2.75, 3.05) is 33.9 Å². The van der Waals surface area contributed by atoms with Crippen LogP contribution in [0.25, 0.3) is 0 Å². The number of nitrogens with one attached hydrogen (secondary N) is 1. The van der Waals surface area contributed by atoms with Crippen LogP contribution >= 0.6 is 11.6 Å². The number of carbonyl (C=O) groups excluding carboxylic acids is 1. The molecule has 0 aliphatic heterocycles. The number of nitrogens with zero attached hydrogens (tertiary/aromatic N) is 1. The molecule has 0 saturated carbocycles. The molecule has 0 aliphatic rings. The standard InChI is InChI=1S/C25H33ClN2O5/c1-18(20-8-10-21(26)11-9-20)28(14-4-6-25(30)31)15-5-13-27-24(29)17-19-7-12-22(32-2)23(16-19)33-3/h7-12,16,18H,4-6,13-15,17H2,1-3H3,(H,27,29)(H,30,31).